The summed E-state index contributed by atoms with van der Waals surface area (Å²) in [6.45, 7) is 0.969. The Labute approximate surface area is 152 Å². The molecule has 7 nitrogen and oxygen atoms in total. The number of anilines is 1. The van der Waals surface area contributed by atoms with Crippen LogP contribution in [0, 0.1) is 0 Å². The first-order chi connectivity index (χ1) is 12.9. The molecule has 1 fully saturated rings. The lowest BCUT2D eigenvalue weighted by Gasteiger charge is -2.32. The molecule has 2 aliphatic rings. The van der Waals surface area contributed by atoms with Crippen LogP contribution in [-0.2, 0) is 4.74 Å². The molecule has 0 aliphatic carbocycles. The van der Waals surface area contributed by atoms with Gasteiger partial charge in [-0.3, -0.25) is 4.79 Å². The predicted octanol–water partition coefficient (Wildman–Crippen LogP) is 3.05. The van der Waals surface area contributed by atoms with Crippen LogP contribution in [0.1, 0.15) is 47.5 Å². The van der Waals surface area contributed by atoms with Crippen LogP contribution in [0.25, 0.3) is 0 Å². The number of fused-ring (bicyclic) bond motifs is 1. The first-order valence-electron chi connectivity index (χ1n) is 8.77. The first kappa shape index (κ1) is 17.9. The topological polar surface area (TPSA) is 81.3 Å². The van der Waals surface area contributed by atoms with Gasteiger partial charge in [0.1, 0.15) is 17.1 Å². The van der Waals surface area contributed by atoms with Gasteiger partial charge in [-0.2, -0.15) is 18.3 Å². The Hall–Kier alpha value is -2.49. The summed E-state index contributed by atoms with van der Waals surface area (Å²) in [7, 11) is 0. The van der Waals surface area contributed by atoms with E-state index in [1.54, 1.807) is 12.1 Å². The van der Waals surface area contributed by atoms with E-state index >= 15 is 0 Å². The van der Waals surface area contributed by atoms with Gasteiger partial charge in [0.25, 0.3) is 5.91 Å². The zero-order chi connectivity index (χ0) is 19.0. The second-order valence-corrected chi connectivity index (χ2v) is 6.70. The van der Waals surface area contributed by atoms with Crippen LogP contribution in [0.15, 0.2) is 29.0 Å². The molecule has 1 amide bonds. The van der Waals surface area contributed by atoms with Gasteiger partial charge in [0.15, 0.2) is 6.04 Å². The van der Waals surface area contributed by atoms with Gasteiger partial charge in [-0.05, 0) is 25.0 Å². The summed E-state index contributed by atoms with van der Waals surface area (Å²) in [5.41, 5.74) is 0.0681. The number of alkyl halides is 3. The molecule has 10 heteroatoms. The second kappa shape index (κ2) is 6.91. The van der Waals surface area contributed by atoms with Crippen LogP contribution in [0.2, 0.25) is 0 Å². The summed E-state index contributed by atoms with van der Waals surface area (Å²) >= 11 is 0. The predicted molar refractivity (Wildman–Crippen MR) is 88.3 cm³/mol. The average molecular weight is 384 g/mol. The van der Waals surface area contributed by atoms with E-state index in [1.165, 1.54) is 6.26 Å². The number of hydrogen-bond acceptors (Lipinski definition) is 5. The van der Waals surface area contributed by atoms with E-state index in [4.69, 9.17) is 9.15 Å². The van der Waals surface area contributed by atoms with Crippen LogP contribution in [0.4, 0.5) is 19.0 Å². The molecule has 2 aromatic rings. The lowest BCUT2D eigenvalue weighted by molar-refractivity contribution is -0.174. The van der Waals surface area contributed by atoms with Crippen molar-refractivity contribution in [2.24, 2.45) is 0 Å². The zero-order valence-corrected chi connectivity index (χ0v) is 14.3. The molecule has 0 bridgehead atoms. The fourth-order valence-corrected chi connectivity index (χ4v) is 3.51. The Kier molecular flexibility index (Phi) is 4.58. The molecule has 4 heterocycles. The van der Waals surface area contributed by atoms with Crippen molar-refractivity contribution in [2.45, 2.75) is 43.6 Å². The highest BCUT2D eigenvalue weighted by Crippen LogP contribution is 2.44. The molecule has 2 N–H and O–H groups in total. The highest BCUT2D eigenvalue weighted by atomic mass is 19.4. The third kappa shape index (κ3) is 3.53. The van der Waals surface area contributed by atoms with Crippen molar-refractivity contribution < 1.29 is 27.1 Å². The monoisotopic (exact) mass is 384 g/mol. The fraction of sp³-hybridized carbons (Fsp3) is 0.529. The van der Waals surface area contributed by atoms with Crippen LogP contribution in [0.5, 0.6) is 0 Å². The van der Waals surface area contributed by atoms with Crippen molar-refractivity contribution in [1.29, 1.82) is 0 Å². The van der Waals surface area contributed by atoms with E-state index in [0.717, 1.165) is 23.7 Å². The average Bonchev–Trinajstić information content (AvgIpc) is 3.39. The standard InChI is InChI=1S/C17H19F3N4O3/c18-17(19,20)14-7-12(13-4-2-6-27-13)23-15-11(9-22-24(14)15)16(25)21-8-10-3-1-5-26-10/h2,4,6,9-10,12,14,23H,1,3,5,7-8H2,(H,21,25)/t10-,12+,14-/m0/s1. The Morgan fingerprint density at radius 3 is 2.96 bits per heavy atom. The quantitative estimate of drug-likeness (QED) is 0.847. The number of rotatable bonds is 4. The number of carbonyl (C=O) groups excluding carboxylic acids is 1. The molecule has 2 aromatic heterocycles. The summed E-state index contributed by atoms with van der Waals surface area (Å²) in [5.74, 6) is -0.0718. The molecular weight excluding hydrogens is 365 g/mol. The Bertz CT molecular complexity index is 797. The maximum Gasteiger partial charge on any atom is 0.410 e. The largest absolute Gasteiger partial charge is 0.467 e. The number of furan rings is 1. The smallest absolute Gasteiger partial charge is 0.410 e. The number of amides is 1. The number of carbonyl (C=O) groups is 1. The Morgan fingerprint density at radius 1 is 1.44 bits per heavy atom. The van der Waals surface area contributed by atoms with Crippen molar-refractivity contribution in [2.75, 3.05) is 18.5 Å². The van der Waals surface area contributed by atoms with Crippen molar-refractivity contribution in [3.8, 4) is 0 Å². The van der Waals surface area contributed by atoms with Crippen molar-refractivity contribution in [3.63, 3.8) is 0 Å². The number of halogens is 3. The molecule has 0 unspecified atom stereocenters. The number of nitrogens with zero attached hydrogens (tertiary/aromatic N) is 2. The van der Waals surface area contributed by atoms with E-state index in [1.807, 2.05) is 0 Å². The van der Waals surface area contributed by atoms with Crippen LogP contribution in [0.3, 0.4) is 0 Å². The third-order valence-electron chi connectivity index (χ3n) is 4.88. The molecule has 0 saturated carbocycles. The zero-order valence-electron chi connectivity index (χ0n) is 14.3. The SMILES string of the molecule is O=C(NC[C@@H]1CCCO1)c1cnn2c1N[C@@H](c1ccco1)C[C@H]2C(F)(F)F. The maximum absolute atomic E-state index is 13.6. The summed E-state index contributed by atoms with van der Waals surface area (Å²) in [6, 6.07) is 0.666. The van der Waals surface area contributed by atoms with Gasteiger partial charge in [0.05, 0.1) is 24.6 Å². The van der Waals surface area contributed by atoms with Crippen LogP contribution < -0.4 is 10.6 Å². The number of ether oxygens (including phenoxy) is 1. The van der Waals surface area contributed by atoms with Gasteiger partial charge < -0.3 is 19.8 Å². The van der Waals surface area contributed by atoms with E-state index in [0.29, 0.717) is 18.9 Å². The normalized spacial score (nSPS) is 25.1. The van der Waals surface area contributed by atoms with E-state index in [9.17, 15) is 18.0 Å². The fourth-order valence-electron chi connectivity index (χ4n) is 3.51. The molecule has 146 valence electrons. The van der Waals surface area contributed by atoms with Crippen LogP contribution >= 0.6 is 0 Å². The molecule has 2 aliphatic heterocycles. The minimum absolute atomic E-state index is 0.0369. The summed E-state index contributed by atoms with van der Waals surface area (Å²) in [5, 5.41) is 9.52. The Balaban J connectivity index is 1.59. The summed E-state index contributed by atoms with van der Waals surface area (Å²) in [4.78, 5) is 12.5. The van der Waals surface area contributed by atoms with Crippen molar-refractivity contribution in [3.05, 3.63) is 35.9 Å². The van der Waals surface area contributed by atoms with E-state index in [2.05, 4.69) is 15.7 Å². The molecule has 0 radical (unpaired) electrons. The highest BCUT2D eigenvalue weighted by molar-refractivity contribution is 5.98. The third-order valence-corrected chi connectivity index (χ3v) is 4.88. The second-order valence-electron chi connectivity index (χ2n) is 6.70. The van der Waals surface area contributed by atoms with Gasteiger partial charge in [-0.25, -0.2) is 4.68 Å². The lowest BCUT2D eigenvalue weighted by Crippen LogP contribution is -2.37. The first-order valence-corrected chi connectivity index (χ1v) is 8.77. The number of nitrogens with one attached hydrogen (secondary N) is 2. The molecular formula is C17H19F3N4O3. The molecule has 0 aromatic carbocycles. The molecule has 3 atom stereocenters. The minimum Gasteiger partial charge on any atom is -0.467 e. The van der Waals surface area contributed by atoms with Gasteiger partial charge >= 0.3 is 6.18 Å². The number of aromatic nitrogens is 2. The van der Waals surface area contributed by atoms with E-state index < -0.39 is 24.2 Å². The van der Waals surface area contributed by atoms with Gasteiger partial charge in [-0.1, -0.05) is 0 Å². The molecule has 1 saturated heterocycles. The van der Waals surface area contributed by atoms with Gasteiger partial charge in [0, 0.05) is 19.6 Å². The molecule has 27 heavy (non-hydrogen) atoms. The summed E-state index contributed by atoms with van der Waals surface area (Å²) < 4.78 is 52.2. The van der Waals surface area contributed by atoms with Crippen LogP contribution in [-0.4, -0.2) is 41.1 Å². The highest BCUT2D eigenvalue weighted by Gasteiger charge is 2.47. The van der Waals surface area contributed by atoms with Crippen molar-refractivity contribution in [1.82, 2.24) is 15.1 Å². The maximum atomic E-state index is 13.6. The lowest BCUT2D eigenvalue weighted by atomic mass is 10.0. The molecule has 4 rings (SSSR count). The van der Waals surface area contributed by atoms with E-state index in [-0.39, 0.29) is 23.9 Å². The Morgan fingerprint density at radius 2 is 2.30 bits per heavy atom. The van der Waals surface area contributed by atoms with Crippen molar-refractivity contribution >= 4 is 11.7 Å². The van der Waals surface area contributed by atoms with Gasteiger partial charge in [-0.15, -0.1) is 0 Å². The molecule has 0 spiro atoms. The summed E-state index contributed by atoms with van der Waals surface area (Å²) in [6.07, 6.45) is -0.490. The number of hydrogen-bond donors (Lipinski definition) is 2. The minimum atomic E-state index is -4.50. The van der Waals surface area contributed by atoms with Gasteiger partial charge in [0.2, 0.25) is 0 Å².